The summed E-state index contributed by atoms with van der Waals surface area (Å²) in [5, 5.41) is 0. The second-order valence-corrected chi connectivity index (χ2v) is 3.34. The lowest BCUT2D eigenvalue weighted by atomic mass is 10.2. The molecule has 0 radical (unpaired) electrons. The maximum atomic E-state index is 5.61. The van der Waals surface area contributed by atoms with Crippen LogP contribution in [0.1, 0.15) is 5.56 Å². The van der Waals surface area contributed by atoms with Gasteiger partial charge in [0.1, 0.15) is 6.61 Å². The van der Waals surface area contributed by atoms with Crippen molar-refractivity contribution in [3.8, 4) is 11.5 Å². The number of ether oxygens (including phenoxy) is 1. The van der Waals surface area contributed by atoms with E-state index in [0.717, 1.165) is 5.56 Å². The van der Waals surface area contributed by atoms with Gasteiger partial charge in [0.05, 0.1) is 0 Å². The first-order valence-electron chi connectivity index (χ1n) is 5.02. The zero-order valence-corrected chi connectivity index (χ0v) is 10.0. The number of halogens is 1. The summed E-state index contributed by atoms with van der Waals surface area (Å²) in [6, 6.07) is 17.2. The topological polar surface area (TPSA) is 44.5 Å². The van der Waals surface area contributed by atoms with Gasteiger partial charge in [-0.2, -0.15) is 5.90 Å². The summed E-state index contributed by atoms with van der Waals surface area (Å²) in [6.07, 6.45) is 0. The third-order valence-corrected chi connectivity index (χ3v) is 2.21. The Kier molecular flexibility index (Phi) is 5.33. The molecule has 2 aromatic carbocycles. The zero-order valence-electron chi connectivity index (χ0n) is 9.21. The summed E-state index contributed by atoms with van der Waals surface area (Å²) in [7, 11) is 0. The predicted molar refractivity (Wildman–Crippen MR) is 69.3 cm³/mol. The highest BCUT2D eigenvalue weighted by Gasteiger charge is 2.02. The molecule has 0 atom stereocenters. The molecule has 0 fully saturated rings. The van der Waals surface area contributed by atoms with Crippen molar-refractivity contribution in [3.63, 3.8) is 0 Å². The molecule has 0 unspecified atom stereocenters. The van der Waals surface area contributed by atoms with Crippen LogP contribution in [0.15, 0.2) is 54.6 Å². The number of nitrogens with two attached hydrogens (primary N) is 1. The van der Waals surface area contributed by atoms with Crippen molar-refractivity contribution in [1.82, 2.24) is 0 Å². The van der Waals surface area contributed by atoms with Gasteiger partial charge in [-0.25, -0.2) is 0 Å². The Morgan fingerprint density at radius 2 is 1.41 bits per heavy atom. The summed E-state index contributed by atoms with van der Waals surface area (Å²) >= 11 is 0. The second-order valence-electron chi connectivity index (χ2n) is 3.34. The summed E-state index contributed by atoms with van der Waals surface area (Å²) < 4.78 is 5.61. The van der Waals surface area contributed by atoms with Crippen LogP contribution in [0.3, 0.4) is 0 Å². The molecule has 90 valence electrons. The van der Waals surface area contributed by atoms with Crippen molar-refractivity contribution in [2.45, 2.75) is 6.61 Å². The second kappa shape index (κ2) is 6.78. The van der Waals surface area contributed by atoms with E-state index in [-0.39, 0.29) is 12.4 Å². The fourth-order valence-electron chi connectivity index (χ4n) is 1.40. The van der Waals surface area contributed by atoms with Gasteiger partial charge >= 0.3 is 0 Å². The van der Waals surface area contributed by atoms with Crippen LogP contribution < -0.4 is 15.5 Å². The summed E-state index contributed by atoms with van der Waals surface area (Å²) in [5.74, 6) is 6.33. The number of hydrogen-bond acceptors (Lipinski definition) is 3. The molecule has 2 N–H and O–H groups in total. The van der Waals surface area contributed by atoms with Gasteiger partial charge in [-0.05, 0) is 17.7 Å². The van der Waals surface area contributed by atoms with E-state index >= 15 is 0 Å². The Bertz CT molecular complexity index is 448. The van der Waals surface area contributed by atoms with Crippen molar-refractivity contribution in [2.24, 2.45) is 5.90 Å². The van der Waals surface area contributed by atoms with E-state index in [9.17, 15) is 0 Å². The average Bonchev–Trinajstić information content (AvgIpc) is 2.38. The number of rotatable bonds is 4. The molecule has 2 rings (SSSR count). The van der Waals surface area contributed by atoms with E-state index in [0.29, 0.717) is 18.1 Å². The lowest BCUT2D eigenvalue weighted by Crippen LogP contribution is -2.04. The Labute approximate surface area is 107 Å². The minimum absolute atomic E-state index is 0. The standard InChI is InChI=1S/C13H13NO2.ClH/c14-16-13-9-5-4-8-12(13)15-10-11-6-2-1-3-7-11;/h1-9H,10,14H2;1H. The van der Waals surface area contributed by atoms with Gasteiger partial charge in [0.25, 0.3) is 0 Å². The van der Waals surface area contributed by atoms with Crippen LogP contribution in [0.5, 0.6) is 11.5 Å². The van der Waals surface area contributed by atoms with Gasteiger partial charge in [0.15, 0.2) is 11.5 Å². The maximum Gasteiger partial charge on any atom is 0.188 e. The molecule has 2 aromatic rings. The van der Waals surface area contributed by atoms with Gasteiger partial charge in [0.2, 0.25) is 0 Å². The summed E-state index contributed by atoms with van der Waals surface area (Å²) in [5.41, 5.74) is 1.11. The van der Waals surface area contributed by atoms with E-state index < -0.39 is 0 Å². The average molecular weight is 252 g/mol. The van der Waals surface area contributed by atoms with Crippen LogP contribution in [0.25, 0.3) is 0 Å². The van der Waals surface area contributed by atoms with Crippen LogP contribution in [-0.2, 0) is 6.61 Å². The van der Waals surface area contributed by atoms with Crippen LogP contribution in [0.2, 0.25) is 0 Å². The fraction of sp³-hybridized carbons (Fsp3) is 0.0769. The SMILES string of the molecule is Cl.NOc1ccccc1OCc1ccccc1. The maximum absolute atomic E-state index is 5.61. The molecule has 0 aliphatic carbocycles. The Morgan fingerprint density at radius 1 is 0.824 bits per heavy atom. The molecule has 0 heterocycles. The molecule has 0 aliphatic rings. The van der Waals surface area contributed by atoms with Crippen molar-refractivity contribution < 1.29 is 9.57 Å². The zero-order chi connectivity index (χ0) is 11.2. The first-order valence-corrected chi connectivity index (χ1v) is 5.02. The monoisotopic (exact) mass is 251 g/mol. The van der Waals surface area contributed by atoms with E-state index in [4.69, 9.17) is 15.5 Å². The van der Waals surface area contributed by atoms with Gasteiger partial charge in [-0.3, -0.25) is 0 Å². The highest BCUT2D eigenvalue weighted by Crippen LogP contribution is 2.25. The molecule has 3 nitrogen and oxygen atoms in total. The first-order chi connectivity index (χ1) is 7.90. The normalized spacial score (nSPS) is 9.24. The Hall–Kier alpha value is -1.71. The van der Waals surface area contributed by atoms with Crippen molar-refractivity contribution in [2.75, 3.05) is 0 Å². The molecule has 0 saturated heterocycles. The number of hydrogen-bond donors (Lipinski definition) is 1. The van der Waals surface area contributed by atoms with Gasteiger partial charge in [0, 0.05) is 0 Å². The van der Waals surface area contributed by atoms with Crippen LogP contribution in [0, 0.1) is 0 Å². The molecule has 0 aliphatic heterocycles. The van der Waals surface area contributed by atoms with Crippen molar-refractivity contribution in [3.05, 3.63) is 60.2 Å². The number of para-hydroxylation sites is 2. The van der Waals surface area contributed by atoms with E-state index in [1.54, 1.807) is 6.07 Å². The van der Waals surface area contributed by atoms with E-state index in [1.165, 1.54) is 0 Å². The quantitative estimate of drug-likeness (QED) is 0.850. The van der Waals surface area contributed by atoms with Gasteiger partial charge in [-0.15, -0.1) is 12.4 Å². The molecular weight excluding hydrogens is 238 g/mol. The van der Waals surface area contributed by atoms with Crippen LogP contribution in [0.4, 0.5) is 0 Å². The molecule has 0 bridgehead atoms. The smallest absolute Gasteiger partial charge is 0.188 e. The fourth-order valence-corrected chi connectivity index (χ4v) is 1.40. The molecule has 4 heteroatoms. The highest BCUT2D eigenvalue weighted by atomic mass is 35.5. The molecule has 0 amide bonds. The molecule has 0 saturated carbocycles. The molecular formula is C13H14ClNO2. The Morgan fingerprint density at radius 3 is 2.06 bits per heavy atom. The molecule has 0 aromatic heterocycles. The minimum atomic E-state index is 0. The lowest BCUT2D eigenvalue weighted by molar-refractivity contribution is 0.266. The minimum Gasteiger partial charge on any atom is -0.485 e. The summed E-state index contributed by atoms with van der Waals surface area (Å²) in [6.45, 7) is 0.501. The molecule has 0 spiro atoms. The predicted octanol–water partition coefficient (Wildman–Crippen LogP) is 2.94. The van der Waals surface area contributed by atoms with Gasteiger partial charge in [-0.1, -0.05) is 42.5 Å². The van der Waals surface area contributed by atoms with Crippen molar-refractivity contribution in [1.29, 1.82) is 0 Å². The highest BCUT2D eigenvalue weighted by molar-refractivity contribution is 5.85. The third kappa shape index (κ3) is 3.66. The van der Waals surface area contributed by atoms with E-state index in [2.05, 4.69) is 0 Å². The number of benzene rings is 2. The van der Waals surface area contributed by atoms with E-state index in [1.807, 2.05) is 48.5 Å². The van der Waals surface area contributed by atoms with Crippen LogP contribution >= 0.6 is 12.4 Å². The van der Waals surface area contributed by atoms with Gasteiger partial charge < -0.3 is 9.57 Å². The Balaban J connectivity index is 0.00000144. The van der Waals surface area contributed by atoms with Crippen molar-refractivity contribution >= 4 is 12.4 Å². The lowest BCUT2D eigenvalue weighted by Gasteiger charge is -2.09. The largest absolute Gasteiger partial charge is 0.485 e. The summed E-state index contributed by atoms with van der Waals surface area (Å²) in [4.78, 5) is 4.71. The first kappa shape index (κ1) is 13.4. The van der Waals surface area contributed by atoms with Crippen LogP contribution in [-0.4, -0.2) is 0 Å². The molecule has 17 heavy (non-hydrogen) atoms. The third-order valence-electron chi connectivity index (χ3n) is 2.21.